The predicted molar refractivity (Wildman–Crippen MR) is 138 cm³/mol. The maximum absolute atomic E-state index is 5.82. The van der Waals surface area contributed by atoms with Gasteiger partial charge >= 0.3 is 0 Å². The first kappa shape index (κ1) is 21.5. The zero-order valence-corrected chi connectivity index (χ0v) is 20.2. The van der Waals surface area contributed by atoms with E-state index < -0.39 is 0 Å². The van der Waals surface area contributed by atoms with Crippen LogP contribution in [0.2, 0.25) is 0 Å². The van der Waals surface area contributed by atoms with Gasteiger partial charge in [-0.1, -0.05) is 6.42 Å². The van der Waals surface area contributed by atoms with Crippen LogP contribution in [0, 0.1) is 0 Å². The van der Waals surface area contributed by atoms with Gasteiger partial charge in [-0.15, -0.1) is 0 Å². The average molecular weight is 459 g/mol. The molecule has 0 atom stereocenters. The van der Waals surface area contributed by atoms with Crippen molar-refractivity contribution in [2.24, 2.45) is 0 Å². The Morgan fingerprint density at radius 2 is 1.76 bits per heavy atom. The summed E-state index contributed by atoms with van der Waals surface area (Å²) in [4.78, 5) is 13.6. The maximum Gasteiger partial charge on any atom is 0.159 e. The number of aromatic amines is 2. The number of imidazole rings is 1. The van der Waals surface area contributed by atoms with Gasteiger partial charge in [0.15, 0.2) is 5.82 Å². The molecule has 2 aliphatic heterocycles. The van der Waals surface area contributed by atoms with Crippen molar-refractivity contribution in [3.63, 3.8) is 0 Å². The first-order valence-electron chi connectivity index (χ1n) is 12.8. The molecule has 6 rings (SSSR count). The van der Waals surface area contributed by atoms with E-state index in [1.807, 2.05) is 26.0 Å². The Hall–Kier alpha value is -3.06. The van der Waals surface area contributed by atoms with E-state index >= 15 is 0 Å². The summed E-state index contributed by atoms with van der Waals surface area (Å²) in [5, 5.41) is 8.73. The monoisotopic (exact) mass is 458 g/mol. The fourth-order valence-corrected chi connectivity index (χ4v) is 5.60. The highest BCUT2D eigenvalue weighted by Crippen LogP contribution is 2.31. The topological polar surface area (TPSA) is 73.1 Å². The van der Waals surface area contributed by atoms with Gasteiger partial charge in [-0.05, 0) is 83.0 Å². The van der Waals surface area contributed by atoms with Crippen LogP contribution in [0.15, 0.2) is 36.4 Å². The van der Waals surface area contributed by atoms with E-state index in [-0.39, 0.29) is 6.10 Å². The van der Waals surface area contributed by atoms with Gasteiger partial charge in [0.25, 0.3) is 0 Å². The Morgan fingerprint density at radius 1 is 0.941 bits per heavy atom. The van der Waals surface area contributed by atoms with E-state index in [1.54, 1.807) is 0 Å². The van der Waals surface area contributed by atoms with E-state index in [0.29, 0.717) is 0 Å². The number of aromatic nitrogens is 4. The van der Waals surface area contributed by atoms with Gasteiger partial charge in [0, 0.05) is 36.3 Å². The van der Waals surface area contributed by atoms with Gasteiger partial charge in [-0.25, -0.2) is 4.98 Å². The van der Waals surface area contributed by atoms with E-state index in [2.05, 4.69) is 49.2 Å². The SMILES string of the molecule is CC(C)Oc1ccc2c(-c3nc4ccc(N5CCC(N6CCCCC6)CC5)cc4[nH]3)n[nH]c2c1. The van der Waals surface area contributed by atoms with Gasteiger partial charge in [0.1, 0.15) is 11.4 Å². The minimum atomic E-state index is 0.139. The molecule has 4 heterocycles. The number of benzene rings is 2. The second kappa shape index (κ2) is 8.95. The summed E-state index contributed by atoms with van der Waals surface area (Å²) in [7, 11) is 0. The molecule has 2 saturated heterocycles. The highest BCUT2D eigenvalue weighted by Gasteiger charge is 2.26. The van der Waals surface area contributed by atoms with E-state index in [9.17, 15) is 0 Å². The third-order valence-electron chi connectivity index (χ3n) is 7.33. The number of hydrogen-bond acceptors (Lipinski definition) is 5. The Morgan fingerprint density at radius 3 is 2.56 bits per heavy atom. The van der Waals surface area contributed by atoms with Crippen LogP contribution in [-0.4, -0.2) is 63.4 Å². The fourth-order valence-electron chi connectivity index (χ4n) is 5.60. The lowest BCUT2D eigenvalue weighted by atomic mass is 9.99. The van der Waals surface area contributed by atoms with Crippen LogP contribution >= 0.6 is 0 Å². The summed E-state index contributed by atoms with van der Waals surface area (Å²) in [6.07, 6.45) is 6.81. The lowest BCUT2D eigenvalue weighted by molar-refractivity contribution is 0.141. The predicted octanol–water partition coefficient (Wildman–Crippen LogP) is 5.35. The molecular weight excluding hydrogens is 424 g/mol. The van der Waals surface area contributed by atoms with Crippen LogP contribution < -0.4 is 9.64 Å². The molecule has 0 aliphatic carbocycles. The standard InChI is InChI=1S/C27H34N6O/c1-18(2)34-21-7-8-22-24(17-21)30-31-26(22)27-28-23-9-6-20(16-25(23)29-27)33-14-10-19(11-15-33)32-12-4-3-5-13-32/h6-9,16-19H,3-5,10-15H2,1-2H3,(H,28,29)(H,30,31). The summed E-state index contributed by atoms with van der Waals surface area (Å²) in [6, 6.07) is 13.4. The van der Waals surface area contributed by atoms with Gasteiger partial charge < -0.3 is 19.5 Å². The zero-order valence-electron chi connectivity index (χ0n) is 20.2. The van der Waals surface area contributed by atoms with Crippen molar-refractivity contribution in [2.75, 3.05) is 31.1 Å². The quantitative estimate of drug-likeness (QED) is 0.422. The molecule has 0 amide bonds. The smallest absolute Gasteiger partial charge is 0.159 e. The number of nitrogens with one attached hydrogen (secondary N) is 2. The van der Waals surface area contributed by atoms with Crippen LogP contribution in [0.25, 0.3) is 33.5 Å². The number of nitrogens with zero attached hydrogens (tertiary/aromatic N) is 4. The number of H-pyrrole nitrogens is 2. The van der Waals surface area contributed by atoms with E-state index in [0.717, 1.165) is 58.3 Å². The molecule has 2 aromatic carbocycles. The van der Waals surface area contributed by atoms with Gasteiger partial charge in [-0.2, -0.15) is 5.10 Å². The van der Waals surface area contributed by atoms with Crippen molar-refractivity contribution in [3.8, 4) is 17.3 Å². The van der Waals surface area contributed by atoms with Crippen molar-refractivity contribution < 1.29 is 4.74 Å². The highest BCUT2D eigenvalue weighted by atomic mass is 16.5. The van der Waals surface area contributed by atoms with Gasteiger partial charge in [0.05, 0.1) is 22.7 Å². The molecule has 7 heteroatoms. The second-order valence-corrected chi connectivity index (χ2v) is 10.0. The molecule has 178 valence electrons. The minimum absolute atomic E-state index is 0.139. The van der Waals surface area contributed by atoms with E-state index in [1.165, 1.54) is 50.9 Å². The van der Waals surface area contributed by atoms with Crippen molar-refractivity contribution in [2.45, 2.75) is 58.1 Å². The summed E-state index contributed by atoms with van der Waals surface area (Å²) >= 11 is 0. The molecule has 0 saturated carbocycles. The Bertz CT molecular complexity index is 1280. The van der Waals surface area contributed by atoms with E-state index in [4.69, 9.17) is 9.72 Å². The molecule has 0 spiro atoms. The van der Waals surface area contributed by atoms with Crippen LogP contribution in [0.1, 0.15) is 46.0 Å². The first-order valence-corrected chi connectivity index (χ1v) is 12.8. The lowest BCUT2D eigenvalue weighted by Crippen LogP contribution is -2.46. The van der Waals surface area contributed by atoms with Crippen molar-refractivity contribution >= 4 is 27.6 Å². The molecule has 34 heavy (non-hydrogen) atoms. The number of piperidine rings is 2. The number of ether oxygens (including phenoxy) is 1. The number of anilines is 1. The summed E-state index contributed by atoms with van der Waals surface area (Å²) < 4.78 is 5.82. The number of fused-ring (bicyclic) bond motifs is 2. The molecule has 0 bridgehead atoms. The number of likely N-dealkylation sites (tertiary alicyclic amines) is 1. The number of rotatable bonds is 5. The zero-order chi connectivity index (χ0) is 23.1. The number of hydrogen-bond donors (Lipinski definition) is 2. The molecule has 4 aromatic rings. The molecular formula is C27H34N6O. The van der Waals surface area contributed by atoms with Gasteiger partial charge in [-0.3, -0.25) is 5.10 Å². The molecule has 2 fully saturated rings. The minimum Gasteiger partial charge on any atom is -0.491 e. The Labute approximate surface area is 200 Å². The molecule has 0 radical (unpaired) electrons. The third kappa shape index (κ3) is 4.13. The lowest BCUT2D eigenvalue weighted by Gasteiger charge is -2.41. The van der Waals surface area contributed by atoms with Crippen LogP contribution in [0.5, 0.6) is 5.75 Å². The summed E-state index contributed by atoms with van der Waals surface area (Å²) in [5.74, 6) is 1.63. The normalized spacial score (nSPS) is 18.4. The highest BCUT2D eigenvalue weighted by molar-refractivity contribution is 5.94. The molecule has 7 nitrogen and oxygen atoms in total. The largest absolute Gasteiger partial charge is 0.491 e. The first-order chi connectivity index (χ1) is 16.6. The molecule has 2 aromatic heterocycles. The Balaban J connectivity index is 1.20. The van der Waals surface area contributed by atoms with Crippen molar-refractivity contribution in [3.05, 3.63) is 36.4 Å². The average Bonchev–Trinajstić information content (AvgIpc) is 3.47. The maximum atomic E-state index is 5.82. The van der Waals surface area contributed by atoms with Crippen molar-refractivity contribution in [1.82, 2.24) is 25.1 Å². The Kier molecular flexibility index (Phi) is 5.65. The summed E-state index contributed by atoms with van der Waals surface area (Å²) in [6.45, 7) is 8.89. The molecule has 2 aliphatic rings. The van der Waals surface area contributed by atoms with Gasteiger partial charge in [0.2, 0.25) is 0 Å². The van der Waals surface area contributed by atoms with Crippen LogP contribution in [-0.2, 0) is 0 Å². The van der Waals surface area contributed by atoms with Crippen LogP contribution in [0.4, 0.5) is 5.69 Å². The van der Waals surface area contributed by atoms with Crippen LogP contribution in [0.3, 0.4) is 0 Å². The third-order valence-corrected chi connectivity index (χ3v) is 7.33. The summed E-state index contributed by atoms with van der Waals surface area (Å²) in [5.41, 5.74) is 5.10. The molecule has 2 N–H and O–H groups in total. The second-order valence-electron chi connectivity index (χ2n) is 10.0. The molecule has 0 unspecified atom stereocenters. The fraction of sp³-hybridized carbons (Fsp3) is 0.481. The van der Waals surface area contributed by atoms with Crippen molar-refractivity contribution in [1.29, 1.82) is 0 Å².